The molecule has 0 bridgehead atoms. The Hall–Kier alpha value is -2.73. The van der Waals surface area contributed by atoms with Gasteiger partial charge in [0.15, 0.2) is 11.3 Å². The van der Waals surface area contributed by atoms with Crippen LogP contribution in [0.2, 0.25) is 5.02 Å². The first kappa shape index (κ1) is 14.2. The number of carboxylic acid groups (broad SMARTS) is 1. The second kappa shape index (κ2) is 5.23. The molecule has 0 saturated heterocycles. The number of nitrogens with zero attached hydrogens (tertiary/aromatic N) is 2. The molecule has 0 atom stereocenters. The Kier molecular flexibility index (Phi) is 3.38. The lowest BCUT2D eigenvalue weighted by Crippen LogP contribution is -2.31. The lowest BCUT2D eigenvalue weighted by atomic mass is 10.2. The van der Waals surface area contributed by atoms with Crippen molar-refractivity contribution in [1.82, 2.24) is 9.20 Å². The molecule has 0 aliphatic rings. The summed E-state index contributed by atoms with van der Waals surface area (Å²) in [5.41, 5.74) is -0.437. The molecule has 112 valence electrons. The fourth-order valence-electron chi connectivity index (χ4n) is 2.38. The monoisotopic (exact) mass is 318 g/mol. The minimum Gasteiger partial charge on any atom is -0.505 e. The Morgan fingerprint density at radius 1 is 1.23 bits per heavy atom. The third-order valence-electron chi connectivity index (χ3n) is 3.35. The van der Waals surface area contributed by atoms with Crippen LogP contribution in [0, 0.1) is 0 Å². The maximum Gasteiger partial charge on any atom is 0.345 e. The third-order valence-corrected chi connectivity index (χ3v) is 3.59. The van der Waals surface area contributed by atoms with Gasteiger partial charge in [0.25, 0.3) is 5.56 Å². The molecule has 0 fully saturated rings. The van der Waals surface area contributed by atoms with Crippen molar-refractivity contribution >= 4 is 23.1 Å². The summed E-state index contributed by atoms with van der Waals surface area (Å²) in [5.74, 6) is -2.00. The summed E-state index contributed by atoms with van der Waals surface area (Å²) in [7, 11) is 0. The zero-order valence-electron chi connectivity index (χ0n) is 11.2. The molecule has 6 nitrogen and oxygen atoms in total. The molecule has 2 aromatic heterocycles. The summed E-state index contributed by atoms with van der Waals surface area (Å²) in [6, 6.07) is 10.1. The van der Waals surface area contributed by atoms with Gasteiger partial charge in [0.1, 0.15) is 5.52 Å². The van der Waals surface area contributed by atoms with E-state index in [1.54, 1.807) is 36.5 Å². The van der Waals surface area contributed by atoms with Gasteiger partial charge in [0.05, 0.1) is 6.54 Å². The normalized spacial score (nSPS) is 11.0. The molecule has 0 unspecified atom stereocenters. The van der Waals surface area contributed by atoms with Gasteiger partial charge in [0.2, 0.25) is 0 Å². The van der Waals surface area contributed by atoms with E-state index in [-0.39, 0.29) is 12.1 Å². The number of aromatic nitrogens is 2. The predicted molar refractivity (Wildman–Crippen MR) is 80.8 cm³/mol. The van der Waals surface area contributed by atoms with E-state index in [1.165, 1.54) is 15.3 Å². The SMILES string of the molecule is O=C(O)c1c(O)c2cccn2n(Cc2cccc(Cl)c2)c1=O. The zero-order valence-corrected chi connectivity index (χ0v) is 12.0. The Balaban J connectivity index is 2.27. The van der Waals surface area contributed by atoms with E-state index >= 15 is 0 Å². The van der Waals surface area contributed by atoms with Crippen LogP contribution in [-0.2, 0) is 6.54 Å². The molecular formula is C15H11ClN2O4. The smallest absolute Gasteiger partial charge is 0.345 e. The van der Waals surface area contributed by atoms with Gasteiger partial charge in [-0.2, -0.15) is 0 Å². The minimum absolute atomic E-state index is 0.130. The number of benzene rings is 1. The molecule has 0 amide bonds. The number of aromatic carboxylic acids is 1. The number of carboxylic acids is 1. The Morgan fingerprint density at radius 3 is 2.68 bits per heavy atom. The Bertz CT molecular complexity index is 942. The lowest BCUT2D eigenvalue weighted by Gasteiger charge is -2.13. The van der Waals surface area contributed by atoms with Gasteiger partial charge < -0.3 is 10.2 Å². The molecule has 3 aromatic rings. The molecule has 0 aliphatic heterocycles. The molecule has 22 heavy (non-hydrogen) atoms. The second-order valence-electron chi connectivity index (χ2n) is 4.76. The van der Waals surface area contributed by atoms with Crippen LogP contribution in [-0.4, -0.2) is 25.4 Å². The molecule has 2 N–H and O–H groups in total. The molecule has 0 spiro atoms. The number of halogens is 1. The fraction of sp³-hybridized carbons (Fsp3) is 0.0667. The molecule has 7 heteroatoms. The number of hydrogen-bond acceptors (Lipinski definition) is 3. The van der Waals surface area contributed by atoms with E-state index in [4.69, 9.17) is 11.6 Å². The van der Waals surface area contributed by atoms with E-state index in [0.717, 1.165) is 5.56 Å². The van der Waals surface area contributed by atoms with E-state index in [2.05, 4.69) is 0 Å². The van der Waals surface area contributed by atoms with Crippen LogP contribution in [0.4, 0.5) is 0 Å². The molecular weight excluding hydrogens is 308 g/mol. The van der Waals surface area contributed by atoms with Gasteiger partial charge in [-0.25, -0.2) is 9.48 Å². The molecule has 0 radical (unpaired) electrons. The summed E-state index contributed by atoms with van der Waals surface area (Å²) < 4.78 is 2.66. The average Bonchev–Trinajstić information content (AvgIpc) is 2.93. The van der Waals surface area contributed by atoms with Gasteiger partial charge in [-0.05, 0) is 29.8 Å². The number of carbonyl (C=O) groups is 1. The highest BCUT2D eigenvalue weighted by atomic mass is 35.5. The second-order valence-corrected chi connectivity index (χ2v) is 5.20. The Morgan fingerprint density at radius 2 is 2.00 bits per heavy atom. The van der Waals surface area contributed by atoms with E-state index in [9.17, 15) is 19.8 Å². The molecule has 0 saturated carbocycles. The molecule has 2 heterocycles. The Labute approximate surface area is 129 Å². The highest BCUT2D eigenvalue weighted by Gasteiger charge is 2.21. The van der Waals surface area contributed by atoms with E-state index in [0.29, 0.717) is 5.02 Å². The maximum absolute atomic E-state index is 12.4. The topological polar surface area (TPSA) is 83.9 Å². The van der Waals surface area contributed by atoms with Crippen molar-refractivity contribution in [3.63, 3.8) is 0 Å². The first-order valence-corrected chi connectivity index (χ1v) is 6.77. The summed E-state index contributed by atoms with van der Waals surface area (Å²) in [5, 5.41) is 19.7. The highest BCUT2D eigenvalue weighted by Crippen LogP contribution is 2.22. The molecule has 3 rings (SSSR count). The number of fused-ring (bicyclic) bond motifs is 1. The maximum atomic E-state index is 12.4. The number of hydrogen-bond donors (Lipinski definition) is 2. The summed E-state index contributed by atoms with van der Waals surface area (Å²) >= 11 is 5.93. The van der Waals surface area contributed by atoms with Gasteiger partial charge >= 0.3 is 5.97 Å². The van der Waals surface area contributed by atoms with Crippen LogP contribution in [0.1, 0.15) is 15.9 Å². The van der Waals surface area contributed by atoms with Crippen molar-refractivity contribution in [2.75, 3.05) is 0 Å². The van der Waals surface area contributed by atoms with Crippen LogP contribution >= 0.6 is 11.6 Å². The summed E-state index contributed by atoms with van der Waals surface area (Å²) in [6.45, 7) is 0.130. The molecule has 0 aliphatic carbocycles. The van der Waals surface area contributed by atoms with Crippen molar-refractivity contribution in [3.05, 3.63) is 69.1 Å². The van der Waals surface area contributed by atoms with Gasteiger partial charge in [-0.1, -0.05) is 23.7 Å². The summed E-state index contributed by atoms with van der Waals surface area (Å²) in [6.07, 6.45) is 1.58. The van der Waals surface area contributed by atoms with Crippen LogP contribution in [0.3, 0.4) is 0 Å². The lowest BCUT2D eigenvalue weighted by molar-refractivity contribution is 0.0690. The number of rotatable bonds is 3. The van der Waals surface area contributed by atoms with E-state index in [1.807, 2.05) is 0 Å². The third kappa shape index (κ3) is 2.23. The average molecular weight is 319 g/mol. The van der Waals surface area contributed by atoms with Crippen LogP contribution in [0.15, 0.2) is 47.4 Å². The van der Waals surface area contributed by atoms with Crippen LogP contribution < -0.4 is 5.56 Å². The van der Waals surface area contributed by atoms with Gasteiger partial charge in [-0.3, -0.25) is 9.31 Å². The van der Waals surface area contributed by atoms with Crippen molar-refractivity contribution in [2.45, 2.75) is 6.54 Å². The summed E-state index contributed by atoms with van der Waals surface area (Å²) in [4.78, 5) is 23.7. The van der Waals surface area contributed by atoms with Crippen molar-refractivity contribution in [1.29, 1.82) is 0 Å². The van der Waals surface area contributed by atoms with E-state index < -0.39 is 22.8 Å². The number of aromatic hydroxyl groups is 1. The van der Waals surface area contributed by atoms with Crippen LogP contribution in [0.5, 0.6) is 5.75 Å². The standard InChI is InChI=1S/C15H11ClN2O4/c16-10-4-1-3-9(7-10)8-18-14(20)12(15(21)22)13(19)11-5-2-6-17(11)18/h1-7,19H,8H2,(H,21,22). The van der Waals surface area contributed by atoms with Gasteiger partial charge in [0, 0.05) is 11.2 Å². The largest absolute Gasteiger partial charge is 0.505 e. The fourth-order valence-corrected chi connectivity index (χ4v) is 2.59. The predicted octanol–water partition coefficient (Wildman–Crippen LogP) is 2.21. The first-order chi connectivity index (χ1) is 10.5. The quantitative estimate of drug-likeness (QED) is 0.775. The van der Waals surface area contributed by atoms with Crippen molar-refractivity contribution < 1.29 is 15.0 Å². The highest BCUT2D eigenvalue weighted by molar-refractivity contribution is 6.30. The van der Waals surface area contributed by atoms with Gasteiger partial charge in [-0.15, -0.1) is 0 Å². The molecule has 1 aromatic carbocycles. The van der Waals surface area contributed by atoms with Crippen molar-refractivity contribution in [2.24, 2.45) is 0 Å². The minimum atomic E-state index is -1.47. The van der Waals surface area contributed by atoms with Crippen LogP contribution in [0.25, 0.3) is 5.52 Å². The zero-order chi connectivity index (χ0) is 15.9. The van der Waals surface area contributed by atoms with Crippen molar-refractivity contribution in [3.8, 4) is 5.75 Å². The first-order valence-electron chi connectivity index (χ1n) is 6.40.